The molecule has 1 N–H and O–H groups in total. The second kappa shape index (κ2) is 8.39. The summed E-state index contributed by atoms with van der Waals surface area (Å²) < 4.78 is 26.7. The lowest BCUT2D eigenvalue weighted by Gasteiger charge is -2.08. The van der Waals surface area contributed by atoms with E-state index in [9.17, 15) is 9.18 Å². The van der Waals surface area contributed by atoms with Gasteiger partial charge in [-0.3, -0.25) is 0 Å². The number of H-pyrrole nitrogens is 1. The number of methoxy groups -OCH3 is 2. The molecule has 0 aliphatic carbocycles. The predicted octanol–water partition coefficient (Wildman–Crippen LogP) is 5.26. The molecule has 0 fully saturated rings. The average molecular weight is 441 g/mol. The Morgan fingerprint density at radius 1 is 0.970 bits per heavy atom. The number of carbonyl (C=O) groups excluding carboxylic acids is 1. The number of nitrogens with one attached hydrogen (secondary N) is 1. The van der Waals surface area contributed by atoms with Crippen molar-refractivity contribution < 1.29 is 23.2 Å². The van der Waals surface area contributed by atoms with Crippen molar-refractivity contribution in [3.8, 4) is 17.0 Å². The smallest absolute Gasteiger partial charge is 0.337 e. The van der Waals surface area contributed by atoms with Gasteiger partial charge < -0.3 is 14.5 Å². The topological polar surface area (TPSA) is 55.2 Å². The van der Waals surface area contributed by atoms with Crippen molar-refractivity contribution in [3.05, 3.63) is 95.9 Å². The number of fused-ring (bicyclic) bond motifs is 3. The first-order chi connectivity index (χ1) is 16.1. The van der Waals surface area contributed by atoms with E-state index in [0.717, 1.165) is 38.8 Å². The molecule has 0 saturated carbocycles. The highest BCUT2D eigenvalue weighted by Crippen LogP contribution is 2.33. The molecule has 0 radical (unpaired) electrons. The molecule has 0 saturated heterocycles. The number of esters is 1. The average Bonchev–Trinajstić information content (AvgIpc) is 3.22. The van der Waals surface area contributed by atoms with E-state index in [-0.39, 0.29) is 5.82 Å². The lowest BCUT2D eigenvalue weighted by atomic mass is 10.0. The van der Waals surface area contributed by atoms with Crippen LogP contribution in [0.1, 0.15) is 15.9 Å². The number of aromatic nitrogens is 2. The van der Waals surface area contributed by atoms with E-state index in [1.54, 1.807) is 31.4 Å². The summed E-state index contributed by atoms with van der Waals surface area (Å²) in [6, 6.07) is 21.9. The Labute approximate surface area is 190 Å². The summed E-state index contributed by atoms with van der Waals surface area (Å²) >= 11 is 0. The molecule has 0 atom stereocenters. The summed E-state index contributed by atoms with van der Waals surface area (Å²) in [6.07, 6.45) is 1.96. The maximum Gasteiger partial charge on any atom is 0.337 e. The van der Waals surface area contributed by atoms with Crippen LogP contribution in [0, 0.1) is 5.82 Å². The van der Waals surface area contributed by atoms with Gasteiger partial charge in [-0.2, -0.15) is 4.57 Å². The lowest BCUT2D eigenvalue weighted by molar-refractivity contribution is -0.676. The number of rotatable bonds is 5. The zero-order valence-electron chi connectivity index (χ0n) is 18.3. The third kappa shape index (κ3) is 3.69. The molecular weight excluding hydrogens is 419 g/mol. The molecule has 0 spiro atoms. The Kier molecular flexibility index (Phi) is 5.26. The van der Waals surface area contributed by atoms with Crippen LogP contribution in [0.5, 0.6) is 5.75 Å². The summed E-state index contributed by atoms with van der Waals surface area (Å²) in [6.45, 7) is 0.357. The number of aromatic amines is 1. The second-order valence-electron chi connectivity index (χ2n) is 7.78. The quantitative estimate of drug-likeness (QED) is 0.299. The predicted molar refractivity (Wildman–Crippen MR) is 125 cm³/mol. The first-order valence-corrected chi connectivity index (χ1v) is 10.5. The summed E-state index contributed by atoms with van der Waals surface area (Å²) in [4.78, 5) is 15.4. The second-order valence-corrected chi connectivity index (χ2v) is 7.78. The minimum Gasteiger partial charge on any atom is -0.497 e. The van der Waals surface area contributed by atoms with E-state index in [2.05, 4.69) is 4.98 Å². The van der Waals surface area contributed by atoms with E-state index < -0.39 is 5.97 Å². The Bertz CT molecular complexity index is 1490. The lowest BCUT2D eigenvalue weighted by Crippen LogP contribution is -2.37. The molecule has 5 aromatic rings. The van der Waals surface area contributed by atoms with Gasteiger partial charge in [0.2, 0.25) is 5.69 Å². The minimum absolute atomic E-state index is 0.251. The van der Waals surface area contributed by atoms with E-state index in [1.807, 2.05) is 53.2 Å². The van der Waals surface area contributed by atoms with E-state index in [1.165, 1.54) is 13.2 Å². The molecule has 0 bridgehead atoms. The minimum atomic E-state index is -0.392. The number of benzene rings is 3. The van der Waals surface area contributed by atoms with E-state index in [4.69, 9.17) is 9.47 Å². The fourth-order valence-electron chi connectivity index (χ4n) is 4.20. The van der Waals surface area contributed by atoms with Crippen LogP contribution in [0.15, 0.2) is 79.0 Å². The number of hydrogen-bond acceptors (Lipinski definition) is 3. The van der Waals surface area contributed by atoms with Gasteiger partial charge in [0.05, 0.1) is 25.3 Å². The molecule has 3 aromatic carbocycles. The standard InChI is InChI=1S/C27H21FN2O3/c1-32-20-11-12-24-22(15-20)21-13-14-30(16-19-5-3-4-6-23(19)28)26(25(21)29-24)17-7-9-18(10-8-17)27(31)33-2/h3-15H,16H2,1-2H3/p+1. The number of halogens is 1. The normalized spacial score (nSPS) is 11.1. The van der Waals surface area contributed by atoms with Gasteiger partial charge in [-0.25, -0.2) is 9.18 Å². The summed E-state index contributed by atoms with van der Waals surface area (Å²) in [5.41, 5.74) is 4.73. The maximum absolute atomic E-state index is 14.5. The zero-order chi connectivity index (χ0) is 22.9. The number of carbonyl (C=O) groups is 1. The number of nitrogens with zero attached hydrogens (tertiary/aromatic N) is 1. The van der Waals surface area contributed by atoms with Crippen LogP contribution in [0.25, 0.3) is 33.1 Å². The van der Waals surface area contributed by atoms with Crippen LogP contribution in [0.3, 0.4) is 0 Å². The fraction of sp³-hybridized carbons (Fsp3) is 0.111. The van der Waals surface area contributed by atoms with Gasteiger partial charge in [-0.1, -0.05) is 12.1 Å². The molecule has 2 heterocycles. The van der Waals surface area contributed by atoms with Crippen LogP contribution in [-0.2, 0) is 11.3 Å². The van der Waals surface area contributed by atoms with Gasteiger partial charge in [-0.05, 0) is 54.6 Å². The van der Waals surface area contributed by atoms with Gasteiger partial charge in [-0.15, -0.1) is 0 Å². The Morgan fingerprint density at radius 2 is 1.76 bits per heavy atom. The van der Waals surface area contributed by atoms with Gasteiger partial charge in [0.25, 0.3) is 0 Å². The maximum atomic E-state index is 14.5. The zero-order valence-corrected chi connectivity index (χ0v) is 18.3. The molecule has 5 nitrogen and oxygen atoms in total. The summed E-state index contributed by atoms with van der Waals surface area (Å²) in [5, 5.41) is 2.07. The molecule has 6 heteroatoms. The Balaban J connectivity index is 1.74. The van der Waals surface area contributed by atoms with Crippen LogP contribution in [0.4, 0.5) is 4.39 Å². The van der Waals surface area contributed by atoms with Gasteiger partial charge in [0.1, 0.15) is 17.1 Å². The van der Waals surface area contributed by atoms with Crippen molar-refractivity contribution in [3.63, 3.8) is 0 Å². The summed E-state index contributed by atoms with van der Waals surface area (Å²) in [7, 11) is 3.00. The molecule has 2 aromatic heterocycles. The van der Waals surface area contributed by atoms with Crippen molar-refractivity contribution in [1.82, 2.24) is 4.98 Å². The van der Waals surface area contributed by atoms with Crippen LogP contribution >= 0.6 is 0 Å². The fourth-order valence-corrected chi connectivity index (χ4v) is 4.20. The molecule has 0 amide bonds. The Hall–Kier alpha value is -4.19. The van der Waals surface area contributed by atoms with Crippen LogP contribution in [-0.4, -0.2) is 25.2 Å². The first kappa shape index (κ1) is 20.7. The monoisotopic (exact) mass is 441 g/mol. The molecule has 164 valence electrons. The highest BCUT2D eigenvalue weighted by atomic mass is 19.1. The number of ether oxygens (including phenoxy) is 2. The van der Waals surface area contributed by atoms with Crippen molar-refractivity contribution in [2.45, 2.75) is 6.54 Å². The molecule has 0 unspecified atom stereocenters. The highest BCUT2D eigenvalue weighted by Gasteiger charge is 2.22. The van der Waals surface area contributed by atoms with Crippen molar-refractivity contribution in [2.75, 3.05) is 14.2 Å². The third-order valence-electron chi connectivity index (χ3n) is 5.87. The molecule has 33 heavy (non-hydrogen) atoms. The summed E-state index contributed by atoms with van der Waals surface area (Å²) in [5.74, 6) is 0.130. The van der Waals surface area contributed by atoms with Crippen molar-refractivity contribution in [2.24, 2.45) is 0 Å². The van der Waals surface area contributed by atoms with E-state index in [0.29, 0.717) is 17.7 Å². The number of pyridine rings is 1. The van der Waals surface area contributed by atoms with Gasteiger partial charge >= 0.3 is 5.97 Å². The highest BCUT2D eigenvalue weighted by molar-refractivity contribution is 6.10. The third-order valence-corrected chi connectivity index (χ3v) is 5.87. The SMILES string of the molecule is COC(=O)c1ccc(-c2c3[nH]c4ccc(OC)cc4c3cc[n+]2Cc2ccccc2F)cc1. The number of hydrogen-bond donors (Lipinski definition) is 1. The first-order valence-electron chi connectivity index (χ1n) is 10.5. The van der Waals surface area contributed by atoms with Gasteiger partial charge in [0, 0.05) is 27.9 Å². The van der Waals surface area contributed by atoms with E-state index >= 15 is 0 Å². The molecular formula is C27H22FN2O3+. The van der Waals surface area contributed by atoms with Crippen LogP contribution in [0.2, 0.25) is 0 Å². The van der Waals surface area contributed by atoms with Gasteiger partial charge in [0.15, 0.2) is 12.7 Å². The molecule has 5 rings (SSSR count). The van der Waals surface area contributed by atoms with Crippen molar-refractivity contribution >= 4 is 27.8 Å². The molecule has 0 aliphatic rings. The largest absolute Gasteiger partial charge is 0.497 e. The van der Waals surface area contributed by atoms with Crippen molar-refractivity contribution in [1.29, 1.82) is 0 Å². The molecule has 0 aliphatic heterocycles. The van der Waals surface area contributed by atoms with Crippen LogP contribution < -0.4 is 9.30 Å². The Morgan fingerprint density at radius 3 is 2.48 bits per heavy atom.